The van der Waals surface area contributed by atoms with Crippen LogP contribution in [-0.4, -0.2) is 99.0 Å². The molecule has 15 aromatic rings. The van der Waals surface area contributed by atoms with Gasteiger partial charge in [-0.25, -0.2) is 24.0 Å². The summed E-state index contributed by atoms with van der Waals surface area (Å²) in [6.45, 7) is 2.66. The first-order valence-corrected chi connectivity index (χ1v) is 39.7. The van der Waals surface area contributed by atoms with Gasteiger partial charge in [0.25, 0.3) is 0 Å². The van der Waals surface area contributed by atoms with Crippen LogP contribution in [0.2, 0.25) is 5.02 Å². The third kappa shape index (κ3) is 29.1. The Morgan fingerprint density at radius 3 is 0.875 bits per heavy atom. The second-order valence-corrected chi connectivity index (χ2v) is 29.5. The van der Waals surface area contributed by atoms with Crippen LogP contribution in [0.15, 0.2) is 210 Å². The van der Waals surface area contributed by atoms with E-state index in [1.165, 1.54) is 95.9 Å². The van der Waals surface area contributed by atoms with Crippen molar-refractivity contribution in [2.24, 2.45) is 35.2 Å². The molecular weight excluding hydrogens is 2410 g/mol. The Kier molecular flexibility index (Phi) is 43.7. The number of tetrazole rings is 5. The molecule has 0 saturated carbocycles. The summed E-state index contributed by atoms with van der Waals surface area (Å²) in [6.07, 6.45) is -22.2. The zero-order valence-electron chi connectivity index (χ0n) is 71.3. The summed E-state index contributed by atoms with van der Waals surface area (Å²) in [7, 11) is 7.22. The van der Waals surface area contributed by atoms with E-state index in [4.69, 9.17) is 35.3 Å². The van der Waals surface area contributed by atoms with Gasteiger partial charge in [0.2, 0.25) is 0 Å². The molecule has 0 fully saturated rings. The summed E-state index contributed by atoms with van der Waals surface area (Å²) in [5.74, 6) is -1.62. The van der Waals surface area contributed by atoms with Gasteiger partial charge in [0.05, 0.1) is 28.4 Å². The van der Waals surface area contributed by atoms with E-state index in [1.54, 1.807) is 85.8 Å². The summed E-state index contributed by atoms with van der Waals surface area (Å²) in [5.41, 5.74) is -1.22. The molecule has 53 heteroatoms. The van der Waals surface area contributed by atoms with Crippen LogP contribution in [-0.2, 0) is 269 Å². The normalized spacial score (nSPS) is 11.2. The van der Waals surface area contributed by atoms with E-state index in [0.717, 1.165) is 94.3 Å². The van der Waals surface area contributed by atoms with Gasteiger partial charge < -0.3 is 23.7 Å². The van der Waals surface area contributed by atoms with E-state index in [-0.39, 0.29) is 236 Å². The van der Waals surface area contributed by atoms with E-state index in [1.807, 2.05) is 35.6 Å². The number of aryl methyl sites for hydroxylation is 7. The summed E-state index contributed by atoms with van der Waals surface area (Å²) in [5, 5.41) is 37.3. The Balaban J connectivity index is 0.000000259. The summed E-state index contributed by atoms with van der Waals surface area (Å²) in [4.78, 5) is 60.5. The van der Waals surface area contributed by atoms with Crippen LogP contribution < -0.4 is 52.1 Å². The van der Waals surface area contributed by atoms with Gasteiger partial charge in [-0.3, -0.25) is 0 Å². The molecule has 30 nitrogen and oxygen atoms in total. The number of nitrogens with zero attached hydrogens (tertiary/aromatic N) is 20. The van der Waals surface area contributed by atoms with E-state index < -0.39 is 87.1 Å². The first kappa shape index (κ1) is 116. The van der Waals surface area contributed by atoms with Crippen molar-refractivity contribution in [2.45, 2.75) is 84.2 Å². The fraction of sp³-hybridized carbons (Fsp3) is 0.217. The standard InChI is InChI=1S/C18H16F3N4O2.C17H14F3N4O2.C16H11BrF3N4O2.C16H11ClF3N4O2.C16H11F3IN4O2.5Y/c1-3-12-7-6-9-15(25-17(26)24(2)22-23-25)13(12)11-27-16-10-5-4-8-14(16)18(19,20)21;1-11-6-5-8-14(24-16(25)23(2)21-22-24)12(11)10-26-15-9-4-3-7-13(15)17(18,19)20;2*1-23-15(25)24(22-21-23)13-7-4-6-12(17)10(13)9-26-14-8-3-2-5-11(14)16(18,19)20;1-23-15(25)24(22-21-23)13-7-4-6-12(20)10(13)9-26-14-8-3-2-5-11(14)16(17,18)19;;;;;/h5-10H,3,11H2,1-2H3;4-9H,10H2,1-2H3;3*3-8H,9H2,1H3;;;;;/q5*-1;;;;;. The number of hydrogen-bond acceptors (Lipinski definition) is 20. The van der Waals surface area contributed by atoms with Crippen LogP contribution in [0.1, 0.15) is 73.7 Å². The molecule has 0 saturated heterocycles. The minimum absolute atomic E-state index is 0. The quantitative estimate of drug-likeness (QED) is 0.0366. The zero-order valence-corrected chi connectivity index (χ0v) is 90.0. The minimum Gasteiger partial charge on any atom is -0.514 e. The molecule has 0 atom stereocenters. The number of ether oxygens (including phenoxy) is 5. The van der Waals surface area contributed by atoms with Crippen LogP contribution in [0.3, 0.4) is 0 Å². The van der Waals surface area contributed by atoms with Crippen molar-refractivity contribution in [1.82, 2.24) is 99.0 Å². The van der Waals surface area contributed by atoms with Crippen molar-refractivity contribution in [3.05, 3.63) is 345 Å². The molecule has 0 N–H and O–H groups in total. The van der Waals surface area contributed by atoms with Crippen molar-refractivity contribution in [3.63, 3.8) is 0 Å². The predicted molar refractivity (Wildman–Crippen MR) is 446 cm³/mol. The van der Waals surface area contributed by atoms with Crippen molar-refractivity contribution in [1.29, 1.82) is 0 Å². The predicted octanol–water partition coefficient (Wildman–Crippen LogP) is 14.7. The van der Waals surface area contributed by atoms with Gasteiger partial charge in [-0.05, 0) is 176 Å². The summed E-state index contributed by atoms with van der Waals surface area (Å²) < 4.78 is 235. The topological polar surface area (TPSA) is 310 Å². The van der Waals surface area contributed by atoms with Gasteiger partial charge >= 0.3 is 59.3 Å². The van der Waals surface area contributed by atoms with E-state index in [2.05, 4.69) is 98.4 Å². The fourth-order valence-electron chi connectivity index (χ4n) is 11.9. The molecule has 5 radical (unpaired) electrons. The van der Waals surface area contributed by atoms with Gasteiger partial charge in [0.15, 0.2) is 0 Å². The van der Waals surface area contributed by atoms with Gasteiger partial charge in [0.1, 0.15) is 33.0 Å². The largest absolute Gasteiger partial charge is 0.514 e. The average molecular weight is 2470 g/mol. The molecule has 0 spiro atoms. The number of hydrogen-bond donors (Lipinski definition) is 0. The molecule has 0 aliphatic heterocycles. The van der Waals surface area contributed by atoms with E-state index in [9.17, 15) is 89.8 Å². The van der Waals surface area contributed by atoms with Crippen LogP contribution in [0.4, 0.5) is 65.9 Å². The third-order valence-electron chi connectivity index (χ3n) is 18.6. The molecule has 15 rings (SSSR count). The fourth-order valence-corrected chi connectivity index (χ4v) is 13.3. The zero-order chi connectivity index (χ0) is 95.2. The number of halogens is 18. The number of rotatable bonds is 21. The number of alkyl halides is 15. The first-order chi connectivity index (χ1) is 62.0. The first-order valence-electron chi connectivity index (χ1n) is 37.5. The van der Waals surface area contributed by atoms with Gasteiger partial charge in [-0.1, -0.05) is 76.9 Å². The van der Waals surface area contributed by atoms with Crippen molar-refractivity contribution < 1.29 is 253 Å². The Morgan fingerprint density at radius 1 is 0.331 bits per heavy atom. The van der Waals surface area contributed by atoms with Crippen molar-refractivity contribution >= 4 is 50.1 Å². The van der Waals surface area contributed by atoms with Crippen LogP contribution in [0, 0.1) is 40.8 Å². The second kappa shape index (κ2) is 51.1. The minimum atomic E-state index is -4.59. The molecule has 136 heavy (non-hydrogen) atoms. The average Bonchev–Trinajstić information content (AvgIpc) is 1.63. The second-order valence-electron chi connectivity index (χ2n) is 27.1. The molecule has 10 aromatic carbocycles. The Hall–Kier alpha value is -8.48. The molecule has 701 valence electrons. The molecular formula is C83H63BrClF15IN20O10Y5-5. The Labute approximate surface area is 912 Å². The number of benzene rings is 10. The SMILES string of the molecule is CCc1cccc(-n2nnn(C)c2=O)c1COc1cc[c-]cc1C(F)(F)F.Cc1cccc(-n2nnn(C)c2=O)c1COc1cc[c-]cc1C(F)(F)F.Cn1nnn(-c2cccc(Br)c2COc2cc[c-]cc2C(F)(F)F)c1=O.Cn1nnn(-c2cccc(Cl)c2COc2cc[c-]cc2C(F)(F)F)c1=O.Cn1nnn(-c2cccc(I)c2COc2cc[c-]cc2C(F)(F)F)c1=O.[Y].[Y].[Y].[Y].[Y]. The Bertz CT molecular complexity index is 6260. The van der Waals surface area contributed by atoms with Crippen molar-refractivity contribution in [3.8, 4) is 57.2 Å². The van der Waals surface area contributed by atoms with E-state index in [0.29, 0.717) is 65.0 Å². The molecule has 0 amide bonds. The molecule has 0 bridgehead atoms. The third-order valence-corrected chi connectivity index (χ3v) is 20.7. The molecule has 5 heterocycles. The van der Waals surface area contributed by atoms with Crippen molar-refractivity contribution in [2.75, 3.05) is 0 Å². The van der Waals surface area contributed by atoms with Crippen LogP contribution in [0.25, 0.3) is 28.4 Å². The smallest absolute Gasteiger partial charge is 0.373 e. The molecule has 0 aliphatic carbocycles. The van der Waals surface area contributed by atoms with Gasteiger partial charge in [-0.2, -0.15) is 204 Å². The van der Waals surface area contributed by atoms with Crippen LogP contribution in [0.5, 0.6) is 28.7 Å². The summed E-state index contributed by atoms with van der Waals surface area (Å²) in [6, 6.07) is 53.8. The number of aromatic nitrogens is 20. The maximum Gasteiger partial charge on any atom is 0.373 e. The van der Waals surface area contributed by atoms with Crippen LogP contribution >= 0.6 is 50.1 Å². The van der Waals surface area contributed by atoms with E-state index >= 15 is 0 Å². The molecule has 0 unspecified atom stereocenters. The van der Waals surface area contributed by atoms with Gasteiger partial charge in [-0.15, -0.1) is 30.3 Å². The molecule has 0 aliphatic rings. The monoisotopic (exact) mass is 2470 g/mol. The molecule has 5 aromatic heterocycles. The summed E-state index contributed by atoms with van der Waals surface area (Å²) >= 11 is 11.5. The Morgan fingerprint density at radius 2 is 0.574 bits per heavy atom. The maximum atomic E-state index is 13.2. The van der Waals surface area contributed by atoms with Gasteiger partial charge in [0, 0.05) is 268 Å². The maximum absolute atomic E-state index is 13.2.